The number of hydrogen-bond donors (Lipinski definition) is 1. The lowest BCUT2D eigenvalue weighted by molar-refractivity contribution is 0.149. The molecule has 1 rings (SSSR count). The van der Waals surface area contributed by atoms with Crippen molar-refractivity contribution < 1.29 is 0 Å². The lowest BCUT2D eigenvalue weighted by Gasteiger charge is -2.37. The monoisotopic (exact) mass is 295 g/mol. The molecule has 0 radical (unpaired) electrons. The molecule has 0 aromatic carbocycles. The molecule has 0 saturated heterocycles. The fourth-order valence-electron chi connectivity index (χ4n) is 4.09. The summed E-state index contributed by atoms with van der Waals surface area (Å²) in [5, 5.41) is 3.73. The van der Waals surface area contributed by atoms with Crippen molar-refractivity contribution in [3.63, 3.8) is 0 Å². The first-order valence-electron chi connectivity index (χ1n) is 9.77. The second kappa shape index (κ2) is 10.6. The van der Waals surface area contributed by atoms with Gasteiger partial charge in [0.1, 0.15) is 0 Å². The highest BCUT2D eigenvalue weighted by molar-refractivity contribution is 4.82. The predicted molar refractivity (Wildman–Crippen MR) is 95.6 cm³/mol. The molecular formula is C20H41N. The third kappa shape index (κ3) is 7.68. The van der Waals surface area contributed by atoms with E-state index in [1.165, 1.54) is 64.5 Å². The molecule has 1 aliphatic carbocycles. The highest BCUT2D eigenvalue weighted by Crippen LogP contribution is 2.38. The Morgan fingerprint density at radius 2 is 1.86 bits per heavy atom. The smallest absolute Gasteiger partial charge is 0.00178 e. The molecule has 1 saturated carbocycles. The van der Waals surface area contributed by atoms with Crippen molar-refractivity contribution in [2.75, 3.05) is 13.1 Å². The first-order chi connectivity index (χ1) is 10.1. The molecule has 0 aromatic rings. The van der Waals surface area contributed by atoms with Crippen LogP contribution >= 0.6 is 0 Å². The molecule has 1 fully saturated rings. The van der Waals surface area contributed by atoms with Crippen molar-refractivity contribution in [2.24, 2.45) is 29.6 Å². The van der Waals surface area contributed by atoms with Crippen molar-refractivity contribution in [2.45, 2.75) is 86.0 Å². The van der Waals surface area contributed by atoms with Crippen LogP contribution < -0.4 is 5.32 Å². The van der Waals surface area contributed by atoms with Gasteiger partial charge in [-0.25, -0.2) is 0 Å². The predicted octanol–water partition coefficient (Wildman–Crippen LogP) is 5.89. The summed E-state index contributed by atoms with van der Waals surface area (Å²) in [7, 11) is 0. The average molecular weight is 296 g/mol. The Bertz CT molecular complexity index is 248. The molecule has 1 heteroatoms. The summed E-state index contributed by atoms with van der Waals surface area (Å²) in [5.74, 6) is 4.64. The van der Waals surface area contributed by atoms with Gasteiger partial charge in [-0.1, -0.05) is 66.7 Å². The Labute approximate surface area is 134 Å². The standard InChI is InChI=1S/C20H41N/c1-6-8-9-18(7-2)13-20-12-17(5)10-11-19(20)15-21-14-16(3)4/h16-21H,6-15H2,1-5H3. The van der Waals surface area contributed by atoms with E-state index in [4.69, 9.17) is 0 Å². The largest absolute Gasteiger partial charge is 0.316 e. The minimum Gasteiger partial charge on any atom is -0.316 e. The maximum atomic E-state index is 3.73. The Morgan fingerprint density at radius 3 is 2.48 bits per heavy atom. The van der Waals surface area contributed by atoms with Crippen LogP contribution in [0.4, 0.5) is 0 Å². The minimum atomic E-state index is 0.777. The van der Waals surface area contributed by atoms with E-state index in [2.05, 4.69) is 39.9 Å². The lowest BCUT2D eigenvalue weighted by atomic mass is 9.70. The van der Waals surface area contributed by atoms with Crippen molar-refractivity contribution in [3.8, 4) is 0 Å². The van der Waals surface area contributed by atoms with E-state index in [0.717, 1.165) is 29.6 Å². The third-order valence-corrected chi connectivity index (χ3v) is 5.54. The molecule has 4 unspecified atom stereocenters. The van der Waals surface area contributed by atoms with Gasteiger partial charge in [-0.3, -0.25) is 0 Å². The fraction of sp³-hybridized carbons (Fsp3) is 1.00. The molecule has 0 aromatic heterocycles. The van der Waals surface area contributed by atoms with Crippen LogP contribution in [-0.2, 0) is 0 Å². The maximum absolute atomic E-state index is 3.73. The maximum Gasteiger partial charge on any atom is -0.00178 e. The van der Waals surface area contributed by atoms with Crippen LogP contribution in [0.2, 0.25) is 0 Å². The summed E-state index contributed by atoms with van der Waals surface area (Å²) >= 11 is 0. The van der Waals surface area contributed by atoms with Gasteiger partial charge in [-0.05, 0) is 61.9 Å². The Hall–Kier alpha value is -0.0400. The van der Waals surface area contributed by atoms with Gasteiger partial charge >= 0.3 is 0 Å². The fourth-order valence-corrected chi connectivity index (χ4v) is 4.09. The lowest BCUT2D eigenvalue weighted by Crippen LogP contribution is -2.35. The van der Waals surface area contributed by atoms with Gasteiger partial charge in [0.25, 0.3) is 0 Å². The normalized spacial score (nSPS) is 28.0. The molecule has 0 heterocycles. The zero-order valence-electron chi connectivity index (χ0n) is 15.5. The van der Waals surface area contributed by atoms with E-state index in [0.29, 0.717) is 0 Å². The van der Waals surface area contributed by atoms with E-state index in [9.17, 15) is 0 Å². The number of nitrogens with one attached hydrogen (secondary N) is 1. The van der Waals surface area contributed by atoms with Crippen LogP contribution in [-0.4, -0.2) is 13.1 Å². The van der Waals surface area contributed by atoms with Crippen LogP contribution in [0, 0.1) is 29.6 Å². The summed E-state index contributed by atoms with van der Waals surface area (Å²) in [6.07, 6.45) is 11.5. The van der Waals surface area contributed by atoms with Gasteiger partial charge in [0, 0.05) is 0 Å². The van der Waals surface area contributed by atoms with Gasteiger partial charge in [0.05, 0.1) is 0 Å². The van der Waals surface area contributed by atoms with E-state index in [1.54, 1.807) is 0 Å². The van der Waals surface area contributed by atoms with Crippen molar-refractivity contribution in [3.05, 3.63) is 0 Å². The topological polar surface area (TPSA) is 12.0 Å². The summed E-state index contributed by atoms with van der Waals surface area (Å²) in [6.45, 7) is 14.3. The molecule has 21 heavy (non-hydrogen) atoms. The molecule has 0 amide bonds. The first-order valence-corrected chi connectivity index (χ1v) is 9.77. The quantitative estimate of drug-likeness (QED) is 0.530. The van der Waals surface area contributed by atoms with E-state index >= 15 is 0 Å². The van der Waals surface area contributed by atoms with E-state index in [-0.39, 0.29) is 0 Å². The number of rotatable bonds is 10. The van der Waals surface area contributed by atoms with Crippen molar-refractivity contribution in [1.29, 1.82) is 0 Å². The van der Waals surface area contributed by atoms with Crippen LogP contribution in [0.5, 0.6) is 0 Å². The van der Waals surface area contributed by atoms with E-state index < -0.39 is 0 Å². The first kappa shape index (κ1) is 19.0. The van der Waals surface area contributed by atoms with Crippen LogP contribution in [0.1, 0.15) is 86.0 Å². The SMILES string of the molecule is CCCCC(CC)CC1CC(C)CCC1CNCC(C)C. The zero-order valence-corrected chi connectivity index (χ0v) is 15.5. The highest BCUT2D eigenvalue weighted by Gasteiger charge is 2.29. The molecule has 1 nitrogen and oxygen atoms in total. The molecule has 126 valence electrons. The Balaban J connectivity index is 2.46. The van der Waals surface area contributed by atoms with Gasteiger partial charge in [-0.2, -0.15) is 0 Å². The Kier molecular flexibility index (Phi) is 9.64. The molecule has 4 atom stereocenters. The summed E-state index contributed by atoms with van der Waals surface area (Å²) in [4.78, 5) is 0. The second-order valence-corrected chi connectivity index (χ2v) is 8.14. The van der Waals surface area contributed by atoms with Crippen LogP contribution in [0.3, 0.4) is 0 Å². The molecule has 0 spiro atoms. The summed E-state index contributed by atoms with van der Waals surface area (Å²) < 4.78 is 0. The molecule has 0 aliphatic heterocycles. The Morgan fingerprint density at radius 1 is 1.10 bits per heavy atom. The van der Waals surface area contributed by atoms with Crippen LogP contribution in [0.15, 0.2) is 0 Å². The van der Waals surface area contributed by atoms with Crippen LogP contribution in [0.25, 0.3) is 0 Å². The summed E-state index contributed by atoms with van der Waals surface area (Å²) in [6, 6.07) is 0. The molecular weight excluding hydrogens is 254 g/mol. The van der Waals surface area contributed by atoms with Gasteiger partial charge < -0.3 is 5.32 Å². The molecule has 0 bridgehead atoms. The van der Waals surface area contributed by atoms with Gasteiger partial charge in [0.2, 0.25) is 0 Å². The second-order valence-electron chi connectivity index (χ2n) is 8.14. The highest BCUT2D eigenvalue weighted by atomic mass is 14.9. The zero-order chi connectivity index (χ0) is 15.7. The third-order valence-electron chi connectivity index (χ3n) is 5.54. The summed E-state index contributed by atoms with van der Waals surface area (Å²) in [5.41, 5.74) is 0. The van der Waals surface area contributed by atoms with E-state index in [1.807, 2.05) is 0 Å². The minimum absolute atomic E-state index is 0.777. The average Bonchev–Trinajstić information content (AvgIpc) is 2.45. The molecule has 1 aliphatic rings. The van der Waals surface area contributed by atoms with Crippen molar-refractivity contribution in [1.82, 2.24) is 5.32 Å². The number of unbranched alkanes of at least 4 members (excludes halogenated alkanes) is 1. The van der Waals surface area contributed by atoms with Gasteiger partial charge in [0.15, 0.2) is 0 Å². The molecule has 1 N–H and O–H groups in total. The number of hydrogen-bond acceptors (Lipinski definition) is 1. The van der Waals surface area contributed by atoms with Crippen molar-refractivity contribution >= 4 is 0 Å². The van der Waals surface area contributed by atoms with Gasteiger partial charge in [-0.15, -0.1) is 0 Å².